The number of unbranched alkanes of at least 4 members (excludes halogenated alkanes) is 2. The summed E-state index contributed by atoms with van der Waals surface area (Å²) in [5.41, 5.74) is 4.16. The van der Waals surface area contributed by atoms with Crippen molar-refractivity contribution in [2.45, 2.75) is 58.9 Å². The molecule has 0 fully saturated rings. The van der Waals surface area contributed by atoms with Crippen molar-refractivity contribution >= 4 is 0 Å². The third-order valence-electron chi connectivity index (χ3n) is 5.29. The number of nitrogens with zero attached hydrogens (tertiary/aromatic N) is 7. The third-order valence-corrected chi connectivity index (χ3v) is 5.29. The van der Waals surface area contributed by atoms with Crippen molar-refractivity contribution in [3.63, 3.8) is 0 Å². The van der Waals surface area contributed by atoms with Crippen LogP contribution in [0, 0.1) is 0 Å². The van der Waals surface area contributed by atoms with Gasteiger partial charge >= 0.3 is 0 Å². The lowest BCUT2D eigenvalue weighted by molar-refractivity contribution is 0.618. The first-order valence-corrected chi connectivity index (χ1v) is 11.0. The van der Waals surface area contributed by atoms with Crippen molar-refractivity contribution in [3.05, 3.63) is 59.9 Å². The monoisotopic (exact) mass is 416 g/mol. The molecule has 0 aliphatic carbocycles. The minimum atomic E-state index is 0.629. The van der Waals surface area contributed by atoms with Gasteiger partial charge in [-0.15, -0.1) is 5.10 Å². The number of hydrogen-bond donors (Lipinski definition) is 1. The normalized spacial score (nSPS) is 11.2. The van der Waals surface area contributed by atoms with Crippen molar-refractivity contribution in [1.82, 2.24) is 40.4 Å². The maximum Gasteiger partial charge on any atom is 0.180 e. The second-order valence-electron chi connectivity index (χ2n) is 7.68. The fourth-order valence-electron chi connectivity index (χ4n) is 3.67. The summed E-state index contributed by atoms with van der Waals surface area (Å²) in [5, 5.41) is 19.0. The molecule has 160 valence electrons. The zero-order chi connectivity index (χ0) is 21.5. The molecule has 4 aromatic rings. The van der Waals surface area contributed by atoms with Gasteiger partial charge in [0.1, 0.15) is 5.82 Å². The zero-order valence-electron chi connectivity index (χ0n) is 18.1. The molecule has 8 heteroatoms. The van der Waals surface area contributed by atoms with Crippen LogP contribution in [0.15, 0.2) is 42.7 Å². The predicted molar refractivity (Wildman–Crippen MR) is 119 cm³/mol. The van der Waals surface area contributed by atoms with E-state index >= 15 is 0 Å². The Balaban J connectivity index is 1.53. The van der Waals surface area contributed by atoms with Gasteiger partial charge in [-0.1, -0.05) is 51.0 Å². The molecule has 8 nitrogen and oxygen atoms in total. The number of benzene rings is 1. The van der Waals surface area contributed by atoms with Crippen LogP contribution in [0.1, 0.15) is 56.7 Å². The number of tetrazole rings is 1. The Hall–Kier alpha value is -3.42. The first-order chi connectivity index (χ1) is 15.3. The molecule has 0 bridgehead atoms. The molecule has 3 aromatic heterocycles. The van der Waals surface area contributed by atoms with Crippen LogP contribution < -0.4 is 0 Å². The third kappa shape index (κ3) is 5.02. The molecule has 0 amide bonds. The van der Waals surface area contributed by atoms with E-state index in [0.717, 1.165) is 60.6 Å². The van der Waals surface area contributed by atoms with E-state index in [4.69, 9.17) is 10.1 Å². The summed E-state index contributed by atoms with van der Waals surface area (Å²) in [7, 11) is 0. The summed E-state index contributed by atoms with van der Waals surface area (Å²) in [4.78, 5) is 9.08. The average Bonchev–Trinajstić information content (AvgIpc) is 3.46. The lowest BCUT2D eigenvalue weighted by atomic mass is 10.0. The maximum absolute atomic E-state index is 4.79. The summed E-state index contributed by atoms with van der Waals surface area (Å²) < 4.78 is 2.06. The number of aromatic amines is 1. The predicted octanol–water partition coefficient (Wildman–Crippen LogP) is 4.25. The maximum atomic E-state index is 4.79. The Morgan fingerprint density at radius 2 is 1.81 bits per heavy atom. The van der Waals surface area contributed by atoms with E-state index in [-0.39, 0.29) is 0 Å². The van der Waals surface area contributed by atoms with Crippen molar-refractivity contribution in [1.29, 1.82) is 0 Å². The molecule has 3 heterocycles. The van der Waals surface area contributed by atoms with E-state index in [0.29, 0.717) is 5.82 Å². The molecule has 0 radical (unpaired) electrons. The van der Waals surface area contributed by atoms with Crippen LogP contribution in [-0.4, -0.2) is 40.4 Å². The molecule has 0 saturated heterocycles. The first-order valence-electron chi connectivity index (χ1n) is 11.0. The van der Waals surface area contributed by atoms with Gasteiger partial charge in [0.15, 0.2) is 11.6 Å². The van der Waals surface area contributed by atoms with Crippen LogP contribution in [0.3, 0.4) is 0 Å². The fourth-order valence-corrected chi connectivity index (χ4v) is 3.67. The van der Waals surface area contributed by atoms with Crippen LogP contribution in [-0.2, 0) is 19.4 Å². The lowest BCUT2D eigenvalue weighted by Gasteiger charge is -2.09. The van der Waals surface area contributed by atoms with Crippen molar-refractivity contribution in [2.75, 3.05) is 0 Å². The molecule has 4 rings (SSSR count). The van der Waals surface area contributed by atoms with Crippen molar-refractivity contribution in [3.8, 4) is 22.5 Å². The highest BCUT2D eigenvalue weighted by Gasteiger charge is 2.12. The van der Waals surface area contributed by atoms with E-state index in [1.807, 2.05) is 12.3 Å². The minimum Gasteiger partial charge on any atom is -0.264 e. The summed E-state index contributed by atoms with van der Waals surface area (Å²) in [6.45, 7) is 5.12. The minimum absolute atomic E-state index is 0.629. The molecular weight excluding hydrogens is 388 g/mol. The molecule has 0 aliphatic heterocycles. The fraction of sp³-hybridized carbons (Fsp3) is 0.391. The molecule has 0 atom stereocenters. The number of H-pyrrole nitrogens is 1. The Kier molecular flexibility index (Phi) is 6.76. The van der Waals surface area contributed by atoms with E-state index in [9.17, 15) is 0 Å². The second-order valence-corrected chi connectivity index (χ2v) is 7.68. The van der Waals surface area contributed by atoms with E-state index in [2.05, 4.69) is 68.4 Å². The number of aromatic nitrogens is 8. The SMILES string of the molecule is CCCCCc1nc(CCC)n(Cc2ccc(-c3cnccc3-c3nnn[nH]3)cc2)n1. The van der Waals surface area contributed by atoms with Gasteiger partial charge < -0.3 is 0 Å². The van der Waals surface area contributed by atoms with Crippen molar-refractivity contribution < 1.29 is 0 Å². The van der Waals surface area contributed by atoms with Gasteiger partial charge in [-0.3, -0.25) is 4.98 Å². The van der Waals surface area contributed by atoms with Gasteiger partial charge in [0, 0.05) is 36.4 Å². The summed E-state index contributed by atoms with van der Waals surface area (Å²) in [6, 6.07) is 10.4. The van der Waals surface area contributed by atoms with Crippen LogP contribution in [0.25, 0.3) is 22.5 Å². The molecule has 0 spiro atoms. The Morgan fingerprint density at radius 1 is 0.935 bits per heavy atom. The van der Waals surface area contributed by atoms with Crippen molar-refractivity contribution in [2.24, 2.45) is 0 Å². The molecule has 1 aromatic carbocycles. The molecule has 0 saturated carbocycles. The lowest BCUT2D eigenvalue weighted by Crippen LogP contribution is -2.07. The largest absolute Gasteiger partial charge is 0.264 e. The summed E-state index contributed by atoms with van der Waals surface area (Å²) in [6.07, 6.45) is 10.1. The molecule has 31 heavy (non-hydrogen) atoms. The van der Waals surface area contributed by atoms with Gasteiger partial charge in [0.2, 0.25) is 0 Å². The topological polar surface area (TPSA) is 98.1 Å². The van der Waals surface area contributed by atoms with Crippen LogP contribution in [0.2, 0.25) is 0 Å². The Labute approximate surface area is 182 Å². The number of hydrogen-bond acceptors (Lipinski definition) is 6. The van der Waals surface area contributed by atoms with E-state index in [1.165, 1.54) is 18.4 Å². The Morgan fingerprint density at radius 3 is 2.55 bits per heavy atom. The number of nitrogens with one attached hydrogen (secondary N) is 1. The molecule has 0 unspecified atom stereocenters. The van der Waals surface area contributed by atoms with Gasteiger partial charge in [0.25, 0.3) is 0 Å². The van der Waals surface area contributed by atoms with E-state index < -0.39 is 0 Å². The zero-order valence-corrected chi connectivity index (χ0v) is 18.1. The smallest absolute Gasteiger partial charge is 0.180 e. The molecule has 1 N–H and O–H groups in total. The van der Waals surface area contributed by atoms with Gasteiger partial charge in [-0.05, 0) is 40.5 Å². The number of pyridine rings is 1. The molecule has 0 aliphatic rings. The highest BCUT2D eigenvalue weighted by Crippen LogP contribution is 2.29. The quantitative estimate of drug-likeness (QED) is 0.388. The van der Waals surface area contributed by atoms with Gasteiger partial charge in [-0.25, -0.2) is 14.8 Å². The molecular formula is C23H28N8. The van der Waals surface area contributed by atoms with Crippen LogP contribution in [0.5, 0.6) is 0 Å². The van der Waals surface area contributed by atoms with Gasteiger partial charge in [0.05, 0.1) is 6.54 Å². The van der Waals surface area contributed by atoms with Crippen LogP contribution in [0.4, 0.5) is 0 Å². The average molecular weight is 417 g/mol. The highest BCUT2D eigenvalue weighted by atomic mass is 15.5. The Bertz CT molecular complexity index is 1080. The van der Waals surface area contributed by atoms with E-state index in [1.54, 1.807) is 6.20 Å². The standard InChI is InChI=1S/C23H28N8/c1-3-5-6-8-21-25-22(7-4-2)31(28-21)16-17-9-11-18(12-10-17)20-15-24-14-13-19(20)23-26-29-30-27-23/h9-15H,3-8,16H2,1-2H3,(H,26,27,29,30). The summed E-state index contributed by atoms with van der Waals surface area (Å²) in [5.74, 6) is 2.67. The van der Waals surface area contributed by atoms with Crippen LogP contribution >= 0.6 is 0 Å². The first kappa shape index (κ1) is 20.8. The second kappa shape index (κ2) is 10.1. The highest BCUT2D eigenvalue weighted by molar-refractivity contribution is 5.79. The summed E-state index contributed by atoms with van der Waals surface area (Å²) >= 11 is 0. The number of rotatable bonds is 10. The number of aryl methyl sites for hydroxylation is 2. The van der Waals surface area contributed by atoms with Gasteiger partial charge in [-0.2, -0.15) is 5.10 Å².